The summed E-state index contributed by atoms with van der Waals surface area (Å²) in [6, 6.07) is 8.51. The van der Waals surface area contributed by atoms with Crippen molar-refractivity contribution in [1.29, 1.82) is 0 Å². The highest BCUT2D eigenvalue weighted by atomic mass is 35.5. The number of thiophene rings is 1. The highest BCUT2D eigenvalue weighted by Gasteiger charge is 2.25. The first-order valence-electron chi connectivity index (χ1n) is 5.62. The van der Waals surface area contributed by atoms with Crippen molar-refractivity contribution in [2.45, 2.75) is 25.9 Å². The van der Waals surface area contributed by atoms with Crippen molar-refractivity contribution >= 4 is 22.9 Å². The lowest BCUT2D eigenvalue weighted by molar-refractivity contribution is 0.0581. The number of hydrogen-bond donors (Lipinski definition) is 1. The van der Waals surface area contributed by atoms with Crippen LogP contribution in [0, 0.1) is 12.7 Å². The Morgan fingerprint density at radius 3 is 2.61 bits per heavy atom. The van der Waals surface area contributed by atoms with E-state index in [0.29, 0.717) is 21.9 Å². The van der Waals surface area contributed by atoms with Crippen LogP contribution in [0.5, 0.6) is 0 Å². The van der Waals surface area contributed by atoms with E-state index in [-0.39, 0.29) is 5.82 Å². The second-order valence-electron chi connectivity index (χ2n) is 4.62. The minimum absolute atomic E-state index is 0.294. The Balaban J connectivity index is 2.26. The minimum Gasteiger partial charge on any atom is -0.385 e. The van der Waals surface area contributed by atoms with E-state index in [2.05, 4.69) is 0 Å². The molecule has 0 saturated heterocycles. The summed E-state index contributed by atoms with van der Waals surface area (Å²) in [4.78, 5) is 0.978. The third-order valence-corrected chi connectivity index (χ3v) is 4.17. The highest BCUT2D eigenvalue weighted by Crippen LogP contribution is 2.31. The molecule has 0 fully saturated rings. The molecule has 0 amide bonds. The third kappa shape index (κ3) is 2.91. The molecule has 96 valence electrons. The zero-order chi connectivity index (χ0) is 13.3. The van der Waals surface area contributed by atoms with Crippen molar-refractivity contribution in [2.24, 2.45) is 0 Å². The summed E-state index contributed by atoms with van der Waals surface area (Å²) in [6.07, 6.45) is 0.423. The predicted octanol–water partition coefficient (Wildman–Crippen LogP) is 4.30. The molecule has 1 unspecified atom stereocenters. The van der Waals surface area contributed by atoms with Crippen molar-refractivity contribution < 1.29 is 9.50 Å². The van der Waals surface area contributed by atoms with E-state index in [0.717, 1.165) is 4.88 Å². The topological polar surface area (TPSA) is 20.2 Å². The van der Waals surface area contributed by atoms with Crippen LogP contribution < -0.4 is 0 Å². The first-order valence-corrected chi connectivity index (χ1v) is 6.81. The van der Waals surface area contributed by atoms with Crippen molar-refractivity contribution in [1.82, 2.24) is 0 Å². The van der Waals surface area contributed by atoms with Crippen LogP contribution in [0.3, 0.4) is 0 Å². The maximum atomic E-state index is 13.5. The molecule has 2 rings (SSSR count). The van der Waals surface area contributed by atoms with Gasteiger partial charge in [-0.25, -0.2) is 4.39 Å². The Labute approximate surface area is 115 Å². The summed E-state index contributed by atoms with van der Waals surface area (Å²) in [5.41, 5.74) is 0.0618. The molecule has 1 atom stereocenters. The molecule has 2 aromatic rings. The van der Waals surface area contributed by atoms with Gasteiger partial charge in [0.05, 0.1) is 9.94 Å². The lowest BCUT2D eigenvalue weighted by Crippen LogP contribution is -2.24. The van der Waals surface area contributed by atoms with Crippen molar-refractivity contribution in [3.05, 3.63) is 56.5 Å². The van der Waals surface area contributed by atoms with E-state index < -0.39 is 5.60 Å². The molecule has 0 aliphatic carbocycles. The molecule has 1 nitrogen and oxygen atoms in total. The summed E-state index contributed by atoms with van der Waals surface area (Å²) in [5.74, 6) is -0.294. The van der Waals surface area contributed by atoms with E-state index in [1.165, 1.54) is 17.4 Å². The van der Waals surface area contributed by atoms with Gasteiger partial charge in [-0.3, -0.25) is 0 Å². The van der Waals surface area contributed by atoms with Crippen LogP contribution in [0.4, 0.5) is 4.39 Å². The highest BCUT2D eigenvalue weighted by molar-refractivity contribution is 7.16. The maximum absolute atomic E-state index is 13.5. The second kappa shape index (κ2) is 5.00. The Kier molecular flexibility index (Phi) is 3.76. The summed E-state index contributed by atoms with van der Waals surface area (Å²) >= 11 is 7.29. The molecule has 0 radical (unpaired) electrons. The average molecular weight is 285 g/mol. The predicted molar refractivity (Wildman–Crippen MR) is 73.7 cm³/mol. The average Bonchev–Trinajstić information content (AvgIpc) is 2.67. The van der Waals surface area contributed by atoms with Gasteiger partial charge in [0.15, 0.2) is 0 Å². The second-order valence-corrected chi connectivity index (χ2v) is 6.42. The minimum atomic E-state index is -1.09. The molecule has 1 N–H and O–H groups in total. The zero-order valence-electron chi connectivity index (χ0n) is 10.2. The number of halogens is 2. The monoisotopic (exact) mass is 284 g/mol. The van der Waals surface area contributed by atoms with Crippen LogP contribution in [0.1, 0.15) is 22.9 Å². The van der Waals surface area contributed by atoms with Gasteiger partial charge in [0.2, 0.25) is 0 Å². The fourth-order valence-corrected chi connectivity index (χ4v) is 3.05. The fourth-order valence-electron chi connectivity index (χ4n) is 1.82. The Morgan fingerprint density at radius 2 is 2.06 bits per heavy atom. The quantitative estimate of drug-likeness (QED) is 0.891. The first-order chi connectivity index (χ1) is 8.38. The standard InChI is InChI=1S/C14H14ClFOS/c1-9-3-4-10(7-12(9)16)14(2,17)8-11-5-6-13(15)18-11/h3-7,17H,8H2,1-2H3. The smallest absolute Gasteiger partial charge is 0.126 e. The van der Waals surface area contributed by atoms with E-state index in [4.69, 9.17) is 11.6 Å². The van der Waals surface area contributed by atoms with E-state index in [9.17, 15) is 9.50 Å². The number of aryl methyl sites for hydroxylation is 1. The Bertz CT molecular complexity index is 563. The summed E-state index contributed by atoms with van der Waals surface area (Å²) in [6.45, 7) is 3.39. The van der Waals surface area contributed by atoms with Crippen molar-refractivity contribution in [3.8, 4) is 0 Å². The van der Waals surface area contributed by atoms with Gasteiger partial charge in [0.1, 0.15) is 5.82 Å². The van der Waals surface area contributed by atoms with Crippen molar-refractivity contribution in [2.75, 3.05) is 0 Å². The fraction of sp³-hybridized carbons (Fsp3) is 0.286. The number of rotatable bonds is 3. The van der Waals surface area contributed by atoms with Gasteiger partial charge in [-0.15, -0.1) is 11.3 Å². The molecule has 1 aromatic heterocycles. The molecule has 0 aliphatic heterocycles. The van der Waals surface area contributed by atoms with Crippen LogP contribution in [0.15, 0.2) is 30.3 Å². The molecule has 1 aromatic carbocycles. The van der Waals surface area contributed by atoms with E-state index in [1.54, 1.807) is 32.0 Å². The Morgan fingerprint density at radius 1 is 1.33 bits per heavy atom. The van der Waals surface area contributed by atoms with E-state index >= 15 is 0 Å². The molecule has 18 heavy (non-hydrogen) atoms. The normalized spacial score (nSPS) is 14.5. The van der Waals surface area contributed by atoms with Gasteiger partial charge in [-0.2, -0.15) is 0 Å². The lowest BCUT2D eigenvalue weighted by atomic mass is 9.91. The lowest BCUT2D eigenvalue weighted by Gasteiger charge is -2.23. The molecular weight excluding hydrogens is 271 g/mol. The van der Waals surface area contributed by atoms with Crippen LogP contribution in [-0.4, -0.2) is 5.11 Å². The van der Waals surface area contributed by atoms with Crippen LogP contribution in [0.25, 0.3) is 0 Å². The molecule has 0 aliphatic rings. The van der Waals surface area contributed by atoms with Crippen LogP contribution in [0.2, 0.25) is 4.34 Å². The van der Waals surface area contributed by atoms with Gasteiger partial charge in [0, 0.05) is 11.3 Å². The number of aliphatic hydroxyl groups is 1. The van der Waals surface area contributed by atoms with Gasteiger partial charge >= 0.3 is 0 Å². The first kappa shape index (κ1) is 13.5. The molecular formula is C14H14ClFOS. The maximum Gasteiger partial charge on any atom is 0.126 e. The van der Waals surface area contributed by atoms with Gasteiger partial charge in [-0.05, 0) is 43.2 Å². The Hall–Kier alpha value is -0.900. The molecule has 4 heteroatoms. The van der Waals surface area contributed by atoms with Crippen molar-refractivity contribution in [3.63, 3.8) is 0 Å². The summed E-state index contributed by atoms with van der Waals surface area (Å²) in [7, 11) is 0. The summed E-state index contributed by atoms with van der Waals surface area (Å²) in [5, 5.41) is 10.5. The van der Waals surface area contributed by atoms with E-state index in [1.807, 2.05) is 6.07 Å². The molecule has 0 spiro atoms. The number of benzene rings is 1. The zero-order valence-corrected chi connectivity index (χ0v) is 11.8. The SMILES string of the molecule is Cc1ccc(C(C)(O)Cc2ccc(Cl)s2)cc1F. The molecule has 0 saturated carbocycles. The van der Waals surface area contributed by atoms with Gasteiger partial charge in [-0.1, -0.05) is 23.7 Å². The van der Waals surface area contributed by atoms with Gasteiger partial charge < -0.3 is 5.11 Å². The summed E-state index contributed by atoms with van der Waals surface area (Å²) < 4.78 is 14.2. The largest absolute Gasteiger partial charge is 0.385 e. The van der Waals surface area contributed by atoms with Gasteiger partial charge in [0.25, 0.3) is 0 Å². The number of hydrogen-bond acceptors (Lipinski definition) is 2. The third-order valence-electron chi connectivity index (χ3n) is 2.94. The molecule has 0 bridgehead atoms. The van der Waals surface area contributed by atoms with Crippen LogP contribution in [-0.2, 0) is 12.0 Å². The molecule has 1 heterocycles. The van der Waals surface area contributed by atoms with Crippen LogP contribution >= 0.6 is 22.9 Å².